The fraction of sp³-hybridized carbons (Fsp3) is 0. The van der Waals surface area contributed by atoms with Gasteiger partial charge in [-0.15, -0.1) is 0 Å². The summed E-state index contributed by atoms with van der Waals surface area (Å²) in [7, 11) is -7.11. The minimum atomic E-state index is -4.69. The van der Waals surface area contributed by atoms with Crippen molar-refractivity contribution in [3.8, 4) is 22.8 Å². The molecule has 8 heteroatoms. The van der Waals surface area contributed by atoms with E-state index in [0.29, 0.717) is 5.89 Å². The van der Waals surface area contributed by atoms with Crippen LogP contribution in [0.1, 0.15) is 0 Å². The first-order valence-electron chi connectivity index (χ1n) is 12.7. The van der Waals surface area contributed by atoms with Crippen LogP contribution in [0.15, 0.2) is 156 Å². The Morgan fingerprint density at radius 2 is 0.829 bits per heavy atom. The van der Waals surface area contributed by atoms with Gasteiger partial charge < -0.3 is 4.42 Å². The molecule has 0 saturated heterocycles. The average Bonchev–Trinajstić information content (AvgIpc) is 3.45. The van der Waals surface area contributed by atoms with Gasteiger partial charge in [-0.3, -0.25) is 0 Å². The molecule has 0 aliphatic rings. The average molecular weight is 583 g/mol. The van der Waals surface area contributed by atoms with Gasteiger partial charge in [-0.2, -0.15) is 19.0 Å². The van der Waals surface area contributed by atoms with Gasteiger partial charge in [-0.1, -0.05) is 103 Å². The Bertz CT molecular complexity index is 1560. The lowest BCUT2D eigenvalue weighted by molar-refractivity contribution is -1.92. The highest BCUT2D eigenvalue weighted by molar-refractivity contribution is 8.01. The largest absolute Gasteiger partial charge is 0.432 e. The second-order valence-electron chi connectivity index (χ2n) is 8.98. The zero-order valence-electron chi connectivity index (χ0n) is 21.8. The van der Waals surface area contributed by atoms with Gasteiger partial charge in [0.25, 0.3) is 0 Å². The Labute approximate surface area is 240 Å². The predicted octanol–water partition coefficient (Wildman–Crippen LogP) is 2.50. The summed E-state index contributed by atoms with van der Waals surface area (Å²) in [6.07, 6.45) is 0. The number of oxazole rings is 1. The SMILES string of the molecule is [O-][Cl+3]([O-])([O-])O.c1ccc(-c2nc([P+](c3ccccc3)(c3ccccc3)c3ccccc3)c(-c3ccccc3)o2)cc1. The monoisotopic (exact) mass is 582 g/mol. The minimum absolute atomic E-state index is 0.636. The first-order valence-corrected chi connectivity index (χ1v) is 15.7. The lowest BCUT2D eigenvalue weighted by Gasteiger charge is -2.25. The van der Waals surface area contributed by atoms with Crippen molar-refractivity contribution in [2.24, 2.45) is 0 Å². The number of rotatable bonds is 6. The predicted molar refractivity (Wildman–Crippen MR) is 154 cm³/mol. The van der Waals surface area contributed by atoms with Crippen molar-refractivity contribution in [2.45, 2.75) is 0 Å². The molecule has 0 atom stereocenters. The highest BCUT2D eigenvalue weighted by Gasteiger charge is 2.52. The lowest BCUT2D eigenvalue weighted by Crippen LogP contribution is -2.58. The fourth-order valence-electron chi connectivity index (χ4n) is 4.79. The van der Waals surface area contributed by atoms with Crippen LogP contribution in [-0.2, 0) is 0 Å². The third kappa shape index (κ3) is 6.45. The molecule has 0 spiro atoms. The molecule has 1 N–H and O–H groups in total. The maximum absolute atomic E-state index is 8.60. The van der Waals surface area contributed by atoms with Gasteiger partial charge >= 0.3 is 0 Å². The Morgan fingerprint density at radius 3 is 1.20 bits per heavy atom. The molecule has 0 unspecified atom stereocenters. The number of halogens is 1. The molecule has 0 aliphatic carbocycles. The van der Waals surface area contributed by atoms with Gasteiger partial charge in [0.2, 0.25) is 11.3 Å². The second-order valence-corrected chi connectivity index (χ2v) is 13.1. The maximum Gasteiger partial charge on any atom is 0.245 e. The van der Waals surface area contributed by atoms with Crippen LogP contribution < -0.4 is 35.3 Å². The molecule has 1 aromatic heterocycles. The number of hydrogen-bond acceptors (Lipinski definition) is 6. The molecule has 0 aliphatic heterocycles. The standard InChI is InChI=1S/C33H25NOP.ClHO4/c1-6-16-26(17-7-1)31-33(34-32(35-31)27-18-8-2-9-19-27)36(28-20-10-3-11-21-28,29-22-12-4-13-23-29)30-24-14-5-15-25-30;2-1(3,4)5/h1-25H;(H,2,3,4,5)/q+1;. The zero-order valence-corrected chi connectivity index (χ0v) is 23.4. The van der Waals surface area contributed by atoms with Crippen molar-refractivity contribution < 1.29 is 33.3 Å². The van der Waals surface area contributed by atoms with Crippen molar-refractivity contribution >= 4 is 28.6 Å². The Kier molecular flexibility index (Phi) is 8.72. The minimum Gasteiger partial charge on any atom is -0.432 e. The Hall–Kier alpha value is -4.13. The summed E-state index contributed by atoms with van der Waals surface area (Å²) in [6, 6.07) is 52.9. The molecular weight excluding hydrogens is 557 g/mol. The third-order valence-corrected chi connectivity index (χ3v) is 10.6. The summed E-state index contributed by atoms with van der Waals surface area (Å²) in [5, 5.41) is 3.73. The Morgan fingerprint density at radius 1 is 0.512 bits per heavy atom. The topological polar surface area (TPSA) is 115 Å². The van der Waals surface area contributed by atoms with Crippen LogP contribution in [0, 0.1) is 10.2 Å². The van der Waals surface area contributed by atoms with Gasteiger partial charge in [-0.25, -0.2) is 0 Å². The summed E-state index contributed by atoms with van der Waals surface area (Å²) in [4.78, 5) is 5.34. The summed E-state index contributed by atoms with van der Waals surface area (Å²) < 4.78 is 39.4. The number of nitrogens with zero attached hydrogens (tertiary/aromatic N) is 1. The van der Waals surface area contributed by atoms with Crippen molar-refractivity contribution in [2.75, 3.05) is 0 Å². The third-order valence-electron chi connectivity index (χ3n) is 6.41. The van der Waals surface area contributed by atoms with Crippen molar-refractivity contribution in [1.82, 2.24) is 4.98 Å². The number of hydrogen-bond donors (Lipinski definition) is 1. The zero-order chi connectivity index (χ0) is 28.7. The lowest BCUT2D eigenvalue weighted by atomic mass is 10.2. The summed E-state index contributed by atoms with van der Waals surface area (Å²) >= 11 is 0. The Balaban J connectivity index is 0.000000623. The van der Waals surface area contributed by atoms with Gasteiger partial charge in [0.05, 0.1) is 14.9 Å². The van der Waals surface area contributed by atoms with Crippen LogP contribution in [0.25, 0.3) is 22.8 Å². The molecule has 6 aromatic rings. The molecule has 0 fully saturated rings. The highest BCUT2D eigenvalue weighted by Crippen LogP contribution is 2.56. The molecular formula is C33H26ClNO5P+. The van der Waals surface area contributed by atoms with E-state index >= 15 is 0 Å². The van der Waals surface area contributed by atoms with E-state index in [9.17, 15) is 0 Å². The van der Waals surface area contributed by atoms with Crippen LogP contribution in [-0.4, -0.2) is 9.64 Å². The molecule has 0 saturated carbocycles. The van der Waals surface area contributed by atoms with Crippen LogP contribution in [0.5, 0.6) is 0 Å². The van der Waals surface area contributed by atoms with Crippen molar-refractivity contribution in [1.29, 1.82) is 0 Å². The molecule has 0 amide bonds. The molecule has 204 valence electrons. The van der Waals surface area contributed by atoms with Gasteiger partial charge in [0.15, 0.2) is 13.0 Å². The van der Waals surface area contributed by atoms with E-state index in [1.165, 1.54) is 15.9 Å². The number of benzene rings is 5. The van der Waals surface area contributed by atoms with Crippen LogP contribution in [0.4, 0.5) is 0 Å². The van der Waals surface area contributed by atoms with Crippen molar-refractivity contribution in [3.63, 3.8) is 0 Å². The maximum atomic E-state index is 8.60. The van der Waals surface area contributed by atoms with Gasteiger partial charge in [0, 0.05) is 11.1 Å². The number of aromatic nitrogens is 1. The highest BCUT2D eigenvalue weighted by atomic mass is 35.7. The van der Waals surface area contributed by atoms with E-state index in [0.717, 1.165) is 22.3 Å². The summed E-state index contributed by atoms with van der Waals surface area (Å²) in [5.41, 5.74) is 2.97. The fourth-order valence-corrected chi connectivity index (χ4v) is 9.00. The summed E-state index contributed by atoms with van der Waals surface area (Å²) in [6.45, 7) is 0. The second kappa shape index (κ2) is 12.6. The summed E-state index contributed by atoms with van der Waals surface area (Å²) in [5.74, 6) is 1.45. The molecule has 6 nitrogen and oxygen atoms in total. The smallest absolute Gasteiger partial charge is 0.245 e. The van der Waals surface area contributed by atoms with Gasteiger partial charge in [-0.05, 0) is 48.5 Å². The first-order chi connectivity index (χ1) is 19.9. The van der Waals surface area contributed by atoms with E-state index in [-0.39, 0.29) is 0 Å². The van der Waals surface area contributed by atoms with Gasteiger partial charge in [0.1, 0.15) is 15.9 Å². The molecule has 0 bridgehead atoms. The molecule has 5 aromatic carbocycles. The van der Waals surface area contributed by atoms with Crippen molar-refractivity contribution in [3.05, 3.63) is 152 Å². The van der Waals surface area contributed by atoms with Crippen LogP contribution in [0.2, 0.25) is 0 Å². The molecule has 41 heavy (non-hydrogen) atoms. The van der Waals surface area contributed by atoms with E-state index < -0.39 is 17.5 Å². The molecule has 0 radical (unpaired) electrons. The molecule has 1 heterocycles. The van der Waals surface area contributed by atoms with E-state index in [1.807, 2.05) is 24.3 Å². The van der Waals surface area contributed by atoms with Crippen LogP contribution >= 0.6 is 7.26 Å². The van der Waals surface area contributed by atoms with E-state index in [1.54, 1.807) is 0 Å². The molecule has 6 rings (SSSR count). The quantitative estimate of drug-likeness (QED) is 0.302. The first kappa shape index (κ1) is 28.4. The van der Waals surface area contributed by atoms with Crippen LogP contribution in [0.3, 0.4) is 0 Å². The van der Waals surface area contributed by atoms with E-state index in [4.69, 9.17) is 28.0 Å². The normalized spacial score (nSPS) is 11.4. The van der Waals surface area contributed by atoms with E-state index in [2.05, 4.69) is 127 Å².